The van der Waals surface area contributed by atoms with Crippen LogP contribution in [0.25, 0.3) is 0 Å². The maximum atomic E-state index is 13.1. The molecule has 2 amide bonds. The second kappa shape index (κ2) is 12.7. The lowest BCUT2D eigenvalue weighted by molar-refractivity contribution is -0.142. The number of nitrogens with one attached hydrogen (secondary N) is 1. The summed E-state index contributed by atoms with van der Waals surface area (Å²) in [6, 6.07) is 13.5. The summed E-state index contributed by atoms with van der Waals surface area (Å²) < 4.78 is 5.64. The van der Waals surface area contributed by atoms with Crippen molar-refractivity contribution < 1.29 is 14.3 Å². The third-order valence-electron chi connectivity index (χ3n) is 5.75. The first-order valence-corrected chi connectivity index (χ1v) is 12.1. The van der Waals surface area contributed by atoms with Gasteiger partial charge in [-0.15, -0.1) is 0 Å². The number of hydrogen-bond acceptors (Lipinski definition) is 3. The SMILES string of the molecule is C[C@@H](C(=O)NCCC1=CCCCC1)N(Cc1ccc(Cl)cc1)C(=O)COc1ccccc1Cl. The van der Waals surface area contributed by atoms with Crippen molar-refractivity contribution in [3.63, 3.8) is 0 Å². The van der Waals surface area contributed by atoms with Gasteiger partial charge in [0, 0.05) is 18.1 Å². The summed E-state index contributed by atoms with van der Waals surface area (Å²) in [4.78, 5) is 27.5. The Morgan fingerprint density at radius 1 is 1.09 bits per heavy atom. The van der Waals surface area contributed by atoms with Crippen molar-refractivity contribution >= 4 is 35.0 Å². The fraction of sp³-hybridized carbons (Fsp3) is 0.385. The molecule has 0 saturated carbocycles. The first-order chi connectivity index (χ1) is 15.9. The second-order valence-electron chi connectivity index (χ2n) is 8.19. The zero-order chi connectivity index (χ0) is 23.6. The van der Waals surface area contributed by atoms with Crippen LogP contribution in [-0.4, -0.2) is 35.9 Å². The zero-order valence-corrected chi connectivity index (χ0v) is 20.4. The average molecular weight is 489 g/mol. The number of para-hydroxylation sites is 1. The minimum absolute atomic E-state index is 0.188. The Bertz CT molecular complexity index is 976. The van der Waals surface area contributed by atoms with Gasteiger partial charge in [-0.2, -0.15) is 0 Å². The van der Waals surface area contributed by atoms with E-state index in [1.807, 2.05) is 12.1 Å². The van der Waals surface area contributed by atoms with E-state index in [-0.39, 0.29) is 25.0 Å². The van der Waals surface area contributed by atoms with Crippen LogP contribution in [0.5, 0.6) is 5.75 Å². The van der Waals surface area contributed by atoms with Crippen molar-refractivity contribution in [3.8, 4) is 5.75 Å². The Morgan fingerprint density at radius 3 is 2.55 bits per heavy atom. The van der Waals surface area contributed by atoms with Crippen LogP contribution in [0.3, 0.4) is 0 Å². The molecule has 0 fully saturated rings. The maximum absolute atomic E-state index is 13.1. The van der Waals surface area contributed by atoms with Gasteiger partial charge in [0.25, 0.3) is 5.91 Å². The van der Waals surface area contributed by atoms with Crippen LogP contribution in [0.4, 0.5) is 0 Å². The second-order valence-corrected chi connectivity index (χ2v) is 9.04. The molecule has 0 aromatic heterocycles. The number of benzene rings is 2. The fourth-order valence-corrected chi connectivity index (χ4v) is 4.10. The molecule has 1 aliphatic carbocycles. The molecule has 2 aromatic rings. The molecule has 0 heterocycles. The Labute approximate surface area is 205 Å². The van der Waals surface area contributed by atoms with E-state index < -0.39 is 6.04 Å². The molecule has 1 N–H and O–H groups in total. The molecule has 0 bridgehead atoms. The van der Waals surface area contributed by atoms with Crippen LogP contribution in [0.1, 0.15) is 44.6 Å². The highest BCUT2D eigenvalue weighted by atomic mass is 35.5. The zero-order valence-electron chi connectivity index (χ0n) is 18.9. The quantitative estimate of drug-likeness (QED) is 0.430. The highest BCUT2D eigenvalue weighted by molar-refractivity contribution is 6.32. The van der Waals surface area contributed by atoms with Gasteiger partial charge in [0.05, 0.1) is 5.02 Å². The van der Waals surface area contributed by atoms with Gasteiger partial charge in [0.15, 0.2) is 6.61 Å². The summed E-state index contributed by atoms with van der Waals surface area (Å²) in [5, 5.41) is 4.03. The normalized spacial score (nSPS) is 14.2. The summed E-state index contributed by atoms with van der Waals surface area (Å²) in [6.45, 7) is 2.34. The Morgan fingerprint density at radius 2 is 1.85 bits per heavy atom. The van der Waals surface area contributed by atoms with Crippen LogP contribution in [0, 0.1) is 0 Å². The lowest BCUT2D eigenvalue weighted by atomic mass is 9.97. The van der Waals surface area contributed by atoms with E-state index >= 15 is 0 Å². The van der Waals surface area contributed by atoms with E-state index in [0.29, 0.717) is 22.3 Å². The van der Waals surface area contributed by atoms with Crippen molar-refractivity contribution in [2.24, 2.45) is 0 Å². The number of allylic oxidation sites excluding steroid dienone is 1. The number of carbonyl (C=O) groups excluding carboxylic acids is 2. The first kappa shape index (κ1) is 25.1. The highest BCUT2D eigenvalue weighted by Crippen LogP contribution is 2.23. The number of rotatable bonds is 10. The van der Waals surface area contributed by atoms with E-state index in [0.717, 1.165) is 24.8 Å². The molecule has 7 heteroatoms. The molecule has 0 saturated heterocycles. The molecule has 1 aliphatic rings. The van der Waals surface area contributed by atoms with Gasteiger partial charge in [0.1, 0.15) is 11.8 Å². The van der Waals surface area contributed by atoms with E-state index in [1.165, 1.54) is 23.3 Å². The van der Waals surface area contributed by atoms with Gasteiger partial charge in [-0.3, -0.25) is 9.59 Å². The highest BCUT2D eigenvalue weighted by Gasteiger charge is 2.26. The number of halogens is 2. The topological polar surface area (TPSA) is 58.6 Å². The van der Waals surface area contributed by atoms with Crippen LogP contribution >= 0.6 is 23.2 Å². The summed E-state index contributed by atoms with van der Waals surface area (Å²) in [5.41, 5.74) is 2.27. The number of carbonyl (C=O) groups is 2. The lowest BCUT2D eigenvalue weighted by Gasteiger charge is -2.29. The third-order valence-corrected chi connectivity index (χ3v) is 6.32. The molecule has 0 unspecified atom stereocenters. The van der Waals surface area contributed by atoms with Gasteiger partial charge in [-0.25, -0.2) is 0 Å². The monoisotopic (exact) mass is 488 g/mol. The smallest absolute Gasteiger partial charge is 0.261 e. The molecular weight excluding hydrogens is 459 g/mol. The molecule has 176 valence electrons. The third kappa shape index (κ3) is 7.79. The summed E-state index contributed by atoms with van der Waals surface area (Å²) in [5.74, 6) is -0.0641. The van der Waals surface area contributed by atoms with Crippen LogP contribution in [-0.2, 0) is 16.1 Å². The molecule has 0 spiro atoms. The maximum Gasteiger partial charge on any atom is 0.261 e. The minimum atomic E-state index is -0.664. The number of amides is 2. The average Bonchev–Trinajstić information content (AvgIpc) is 2.83. The summed E-state index contributed by atoms with van der Waals surface area (Å²) in [7, 11) is 0. The predicted octanol–water partition coefficient (Wildman–Crippen LogP) is 5.80. The number of nitrogens with zero attached hydrogens (tertiary/aromatic N) is 1. The molecular formula is C26H30Cl2N2O3. The molecule has 5 nitrogen and oxygen atoms in total. The minimum Gasteiger partial charge on any atom is -0.482 e. The molecule has 1 atom stereocenters. The molecule has 3 rings (SSSR count). The van der Waals surface area contributed by atoms with E-state index in [9.17, 15) is 9.59 Å². The van der Waals surface area contributed by atoms with E-state index in [1.54, 1.807) is 43.3 Å². The Kier molecular flexibility index (Phi) is 9.64. The van der Waals surface area contributed by atoms with Crippen molar-refractivity contribution in [2.45, 2.75) is 51.6 Å². The first-order valence-electron chi connectivity index (χ1n) is 11.3. The predicted molar refractivity (Wildman–Crippen MR) is 133 cm³/mol. The van der Waals surface area contributed by atoms with Crippen molar-refractivity contribution in [3.05, 3.63) is 75.8 Å². The van der Waals surface area contributed by atoms with Gasteiger partial charge in [-0.1, -0.05) is 59.1 Å². The Balaban J connectivity index is 1.64. The molecule has 0 radical (unpaired) electrons. The van der Waals surface area contributed by atoms with Crippen molar-refractivity contribution in [1.82, 2.24) is 10.2 Å². The van der Waals surface area contributed by atoms with Gasteiger partial charge in [-0.05, 0) is 68.9 Å². The molecule has 2 aromatic carbocycles. The van der Waals surface area contributed by atoms with Crippen molar-refractivity contribution in [2.75, 3.05) is 13.2 Å². The fourth-order valence-electron chi connectivity index (χ4n) is 3.78. The van der Waals surface area contributed by atoms with Crippen LogP contribution < -0.4 is 10.1 Å². The molecule has 33 heavy (non-hydrogen) atoms. The van der Waals surface area contributed by atoms with Crippen molar-refractivity contribution in [1.29, 1.82) is 0 Å². The number of ether oxygens (including phenoxy) is 1. The van der Waals surface area contributed by atoms with Gasteiger partial charge < -0.3 is 15.0 Å². The van der Waals surface area contributed by atoms with Crippen LogP contribution in [0.2, 0.25) is 10.0 Å². The standard InChI is InChI=1S/C26H30Cl2N2O3/c1-19(26(32)29-16-15-20-7-3-2-4-8-20)30(17-21-11-13-22(27)14-12-21)25(31)18-33-24-10-6-5-9-23(24)28/h5-7,9-14,19H,2-4,8,15-18H2,1H3,(H,29,32)/t19-/m0/s1. The Hall–Kier alpha value is -2.50. The lowest BCUT2D eigenvalue weighted by Crippen LogP contribution is -2.49. The van der Waals surface area contributed by atoms with Gasteiger partial charge >= 0.3 is 0 Å². The molecule has 0 aliphatic heterocycles. The summed E-state index contributed by atoms with van der Waals surface area (Å²) in [6.07, 6.45) is 7.80. The number of hydrogen-bond donors (Lipinski definition) is 1. The van der Waals surface area contributed by atoms with Gasteiger partial charge in [0.2, 0.25) is 5.91 Å². The van der Waals surface area contributed by atoms with E-state index in [4.69, 9.17) is 27.9 Å². The summed E-state index contributed by atoms with van der Waals surface area (Å²) >= 11 is 12.1. The van der Waals surface area contributed by atoms with E-state index in [2.05, 4.69) is 11.4 Å². The largest absolute Gasteiger partial charge is 0.482 e. The van der Waals surface area contributed by atoms with Crippen LogP contribution in [0.15, 0.2) is 60.2 Å².